The maximum absolute atomic E-state index is 11.3. The van der Waals surface area contributed by atoms with E-state index in [1.165, 1.54) is 6.92 Å². The smallest absolute Gasteiger partial charge is 0.309 e. The fourth-order valence-electron chi connectivity index (χ4n) is 2.43. The zero-order valence-electron chi connectivity index (χ0n) is 8.02. The highest BCUT2D eigenvalue weighted by molar-refractivity contribution is 5.79. The number of carbonyl (C=O) groups is 2. The second-order valence-corrected chi connectivity index (χ2v) is 3.95. The zero-order chi connectivity index (χ0) is 10.3. The lowest BCUT2D eigenvalue weighted by Gasteiger charge is -2.46. The quantitative estimate of drug-likeness (QED) is 0.630. The zero-order valence-corrected chi connectivity index (χ0v) is 8.02. The molecule has 0 aromatic carbocycles. The summed E-state index contributed by atoms with van der Waals surface area (Å²) in [5.41, 5.74) is -0.544. The topological polar surface area (TPSA) is 66.8 Å². The van der Waals surface area contributed by atoms with Crippen LogP contribution in [0.5, 0.6) is 0 Å². The average molecular weight is 199 g/mol. The van der Waals surface area contributed by atoms with Crippen LogP contribution < -0.4 is 0 Å². The standard InChI is InChI=1S/C9H13NO4/c1-6(11)10-3-2-7(8(12)13)9(10)4-14-5-9/h7H,2-5H2,1H3,(H,12,13). The minimum Gasteiger partial charge on any atom is -0.481 e. The molecule has 1 N–H and O–H groups in total. The van der Waals surface area contributed by atoms with E-state index >= 15 is 0 Å². The first-order valence-electron chi connectivity index (χ1n) is 4.67. The Balaban J connectivity index is 2.25. The summed E-state index contributed by atoms with van der Waals surface area (Å²) in [6, 6.07) is 0. The van der Waals surface area contributed by atoms with Gasteiger partial charge in [0, 0.05) is 13.5 Å². The van der Waals surface area contributed by atoms with Gasteiger partial charge in [0.1, 0.15) is 5.54 Å². The number of aliphatic carboxylic acids is 1. The van der Waals surface area contributed by atoms with Crippen molar-refractivity contribution >= 4 is 11.9 Å². The summed E-state index contributed by atoms with van der Waals surface area (Å²) in [5, 5.41) is 9.02. The van der Waals surface area contributed by atoms with Gasteiger partial charge >= 0.3 is 5.97 Å². The number of nitrogens with zero attached hydrogens (tertiary/aromatic N) is 1. The van der Waals surface area contributed by atoms with Gasteiger partial charge in [0.2, 0.25) is 5.91 Å². The van der Waals surface area contributed by atoms with Gasteiger partial charge in [0.05, 0.1) is 19.1 Å². The second kappa shape index (κ2) is 2.95. The molecule has 14 heavy (non-hydrogen) atoms. The van der Waals surface area contributed by atoms with Crippen molar-refractivity contribution < 1.29 is 19.4 Å². The van der Waals surface area contributed by atoms with E-state index in [1.807, 2.05) is 0 Å². The summed E-state index contributed by atoms with van der Waals surface area (Å²) >= 11 is 0. The SMILES string of the molecule is CC(=O)N1CCC(C(=O)O)C12COC2. The van der Waals surface area contributed by atoms with Crippen molar-refractivity contribution in [3.8, 4) is 0 Å². The molecule has 0 bridgehead atoms. The lowest BCUT2D eigenvalue weighted by atomic mass is 9.83. The summed E-state index contributed by atoms with van der Waals surface area (Å²) in [7, 11) is 0. The molecule has 0 radical (unpaired) electrons. The molecular formula is C9H13NO4. The normalized spacial score (nSPS) is 28.9. The molecule has 0 aromatic rings. The van der Waals surface area contributed by atoms with Crippen molar-refractivity contribution in [2.45, 2.75) is 18.9 Å². The molecule has 0 saturated carbocycles. The number of hydrogen-bond donors (Lipinski definition) is 1. The monoisotopic (exact) mass is 199 g/mol. The third-order valence-corrected chi connectivity index (χ3v) is 3.21. The summed E-state index contributed by atoms with van der Waals surface area (Å²) < 4.78 is 5.06. The number of rotatable bonds is 1. The van der Waals surface area contributed by atoms with E-state index in [-0.39, 0.29) is 5.91 Å². The van der Waals surface area contributed by atoms with Crippen LogP contribution in [0.3, 0.4) is 0 Å². The van der Waals surface area contributed by atoms with E-state index in [1.54, 1.807) is 4.90 Å². The summed E-state index contributed by atoms with van der Waals surface area (Å²) in [6.07, 6.45) is 0.540. The van der Waals surface area contributed by atoms with E-state index in [0.29, 0.717) is 26.2 Å². The van der Waals surface area contributed by atoms with E-state index in [9.17, 15) is 9.59 Å². The van der Waals surface area contributed by atoms with E-state index in [2.05, 4.69) is 0 Å². The highest BCUT2D eigenvalue weighted by Gasteiger charge is 2.58. The van der Waals surface area contributed by atoms with Crippen molar-refractivity contribution in [2.24, 2.45) is 5.92 Å². The van der Waals surface area contributed by atoms with Crippen molar-refractivity contribution in [2.75, 3.05) is 19.8 Å². The number of carboxylic acids is 1. The van der Waals surface area contributed by atoms with E-state index in [4.69, 9.17) is 9.84 Å². The van der Waals surface area contributed by atoms with Crippen LogP contribution in [0.25, 0.3) is 0 Å². The number of amides is 1. The van der Waals surface area contributed by atoms with Crippen LogP contribution in [0, 0.1) is 5.92 Å². The molecule has 1 amide bonds. The highest BCUT2D eigenvalue weighted by Crippen LogP contribution is 2.40. The maximum Gasteiger partial charge on any atom is 0.309 e. The molecule has 5 heteroatoms. The van der Waals surface area contributed by atoms with Crippen LogP contribution in [0.2, 0.25) is 0 Å². The maximum atomic E-state index is 11.3. The summed E-state index contributed by atoms with van der Waals surface area (Å²) in [5.74, 6) is -1.34. The lowest BCUT2D eigenvalue weighted by molar-refractivity contribution is -0.176. The Bertz CT molecular complexity index is 261. The Hall–Kier alpha value is -1.10. The largest absolute Gasteiger partial charge is 0.481 e. The number of likely N-dealkylation sites (tertiary alicyclic amines) is 1. The number of carbonyl (C=O) groups excluding carboxylic acids is 1. The van der Waals surface area contributed by atoms with Crippen molar-refractivity contribution in [1.82, 2.24) is 4.90 Å². The molecule has 0 aliphatic carbocycles. The minimum absolute atomic E-state index is 0.0583. The van der Waals surface area contributed by atoms with Crippen LogP contribution in [0.1, 0.15) is 13.3 Å². The molecule has 1 unspecified atom stereocenters. The van der Waals surface area contributed by atoms with Gasteiger partial charge in [-0.15, -0.1) is 0 Å². The van der Waals surface area contributed by atoms with Crippen molar-refractivity contribution in [3.63, 3.8) is 0 Å². The molecule has 2 aliphatic rings. The van der Waals surface area contributed by atoms with Crippen LogP contribution in [0.4, 0.5) is 0 Å². The van der Waals surface area contributed by atoms with Gasteiger partial charge < -0.3 is 14.7 Å². The van der Waals surface area contributed by atoms with Gasteiger partial charge in [0.25, 0.3) is 0 Å². The van der Waals surface area contributed by atoms with Gasteiger partial charge in [-0.2, -0.15) is 0 Å². The van der Waals surface area contributed by atoms with E-state index in [0.717, 1.165) is 0 Å². The van der Waals surface area contributed by atoms with Crippen LogP contribution in [-0.4, -0.2) is 47.2 Å². The summed E-state index contributed by atoms with van der Waals surface area (Å²) in [6.45, 7) is 2.74. The number of ether oxygens (including phenoxy) is 1. The second-order valence-electron chi connectivity index (χ2n) is 3.95. The molecule has 0 aromatic heterocycles. The fraction of sp³-hybridized carbons (Fsp3) is 0.778. The van der Waals surface area contributed by atoms with Crippen molar-refractivity contribution in [1.29, 1.82) is 0 Å². The molecule has 1 atom stereocenters. The molecule has 2 saturated heterocycles. The Morgan fingerprint density at radius 2 is 2.14 bits per heavy atom. The minimum atomic E-state index is -0.822. The molecule has 2 aliphatic heterocycles. The van der Waals surface area contributed by atoms with Gasteiger partial charge in [-0.25, -0.2) is 0 Å². The average Bonchev–Trinajstić information content (AvgIpc) is 2.41. The molecule has 2 rings (SSSR count). The predicted octanol–water partition coefficient (Wildman–Crippen LogP) is -0.292. The highest BCUT2D eigenvalue weighted by atomic mass is 16.5. The fourth-order valence-corrected chi connectivity index (χ4v) is 2.43. The summed E-state index contributed by atoms with van der Waals surface area (Å²) in [4.78, 5) is 23.9. The Labute approximate surface area is 81.6 Å². The predicted molar refractivity (Wildman–Crippen MR) is 46.7 cm³/mol. The molecule has 1 spiro atoms. The molecule has 2 fully saturated rings. The first-order chi connectivity index (χ1) is 6.58. The van der Waals surface area contributed by atoms with Gasteiger partial charge in [0.15, 0.2) is 0 Å². The number of hydrogen-bond acceptors (Lipinski definition) is 3. The van der Waals surface area contributed by atoms with Crippen molar-refractivity contribution in [3.05, 3.63) is 0 Å². The third-order valence-electron chi connectivity index (χ3n) is 3.21. The molecular weight excluding hydrogens is 186 g/mol. The first kappa shape index (κ1) is 9.45. The first-order valence-corrected chi connectivity index (χ1v) is 4.67. The van der Waals surface area contributed by atoms with Crippen LogP contribution >= 0.6 is 0 Å². The lowest BCUT2D eigenvalue weighted by Crippen LogP contribution is -2.64. The Morgan fingerprint density at radius 1 is 1.50 bits per heavy atom. The number of carboxylic acid groups (broad SMARTS) is 1. The molecule has 5 nitrogen and oxygen atoms in total. The van der Waals surface area contributed by atoms with Crippen LogP contribution in [0.15, 0.2) is 0 Å². The Morgan fingerprint density at radius 3 is 2.50 bits per heavy atom. The van der Waals surface area contributed by atoms with Gasteiger partial charge in [-0.05, 0) is 6.42 Å². The Kier molecular flexibility index (Phi) is 1.99. The third kappa shape index (κ3) is 1.05. The molecule has 78 valence electrons. The van der Waals surface area contributed by atoms with Crippen LogP contribution in [-0.2, 0) is 14.3 Å². The molecule has 2 heterocycles. The van der Waals surface area contributed by atoms with Gasteiger partial charge in [-0.3, -0.25) is 9.59 Å². The van der Waals surface area contributed by atoms with E-state index < -0.39 is 17.4 Å². The van der Waals surface area contributed by atoms with Gasteiger partial charge in [-0.1, -0.05) is 0 Å².